The van der Waals surface area contributed by atoms with E-state index in [4.69, 9.17) is 0 Å². The van der Waals surface area contributed by atoms with Crippen LogP contribution in [0, 0.1) is 0 Å². The zero-order valence-corrected chi connectivity index (χ0v) is 17.8. The molecule has 1 N–H and O–H groups in total. The monoisotopic (exact) mass is 405 g/mol. The third-order valence-corrected chi connectivity index (χ3v) is 6.76. The molecule has 158 valence electrons. The number of carbonyl (C=O) groups excluding carboxylic acids is 2. The predicted molar refractivity (Wildman–Crippen MR) is 117 cm³/mol. The van der Waals surface area contributed by atoms with Gasteiger partial charge in [-0.1, -0.05) is 50.8 Å². The molecule has 2 aliphatic rings. The standard InChI is InChI=1S/C25H31N3O2/c1-2-3-17-28-24(30)21-10-6-5-9-20(21)22(25(28)13-7-4-8-14-25)23(29)27-18-19-11-15-26-16-12-19/h5-6,9-12,15-16,22H,2-4,7-8,13-14,17-18H2,1H3,(H,27,29)/t22-/m0/s1. The minimum Gasteiger partial charge on any atom is -0.351 e. The quantitative estimate of drug-likeness (QED) is 0.773. The van der Waals surface area contributed by atoms with Gasteiger partial charge in [0.25, 0.3) is 5.91 Å². The molecule has 0 saturated heterocycles. The summed E-state index contributed by atoms with van der Waals surface area (Å²) in [6.07, 6.45) is 10.6. The van der Waals surface area contributed by atoms with Gasteiger partial charge in [-0.2, -0.15) is 0 Å². The van der Waals surface area contributed by atoms with Crippen LogP contribution in [0.15, 0.2) is 48.8 Å². The lowest BCUT2D eigenvalue weighted by atomic mass is 9.65. The molecule has 1 aliphatic heterocycles. The van der Waals surface area contributed by atoms with Gasteiger partial charge in [0.05, 0.1) is 11.5 Å². The maximum absolute atomic E-state index is 13.7. The SMILES string of the molecule is CCCCN1C(=O)c2ccccc2[C@@H](C(=O)NCc2ccncc2)C12CCCCC2. The summed E-state index contributed by atoms with van der Waals surface area (Å²) in [6, 6.07) is 11.6. The molecule has 5 heteroatoms. The van der Waals surface area contributed by atoms with Crippen molar-refractivity contribution in [3.8, 4) is 0 Å². The molecule has 1 aromatic heterocycles. The van der Waals surface area contributed by atoms with E-state index < -0.39 is 5.54 Å². The van der Waals surface area contributed by atoms with Crippen LogP contribution in [-0.2, 0) is 11.3 Å². The molecule has 5 nitrogen and oxygen atoms in total. The summed E-state index contributed by atoms with van der Waals surface area (Å²) >= 11 is 0. The molecule has 1 fully saturated rings. The lowest BCUT2D eigenvalue weighted by Crippen LogP contribution is -2.62. The second-order valence-corrected chi connectivity index (χ2v) is 8.57. The second kappa shape index (κ2) is 8.99. The van der Waals surface area contributed by atoms with Gasteiger partial charge in [0.2, 0.25) is 5.91 Å². The summed E-state index contributed by atoms with van der Waals surface area (Å²) in [5, 5.41) is 3.17. The van der Waals surface area contributed by atoms with Crippen molar-refractivity contribution in [3.63, 3.8) is 0 Å². The first kappa shape index (κ1) is 20.6. The van der Waals surface area contributed by atoms with Crippen LogP contribution in [0.2, 0.25) is 0 Å². The fraction of sp³-hybridized carbons (Fsp3) is 0.480. The first-order valence-corrected chi connectivity index (χ1v) is 11.2. The lowest BCUT2D eigenvalue weighted by molar-refractivity contribution is -0.127. The zero-order valence-electron chi connectivity index (χ0n) is 17.8. The van der Waals surface area contributed by atoms with Crippen LogP contribution in [0.5, 0.6) is 0 Å². The average molecular weight is 406 g/mol. The Bertz CT molecular complexity index is 890. The molecule has 0 radical (unpaired) electrons. The molecule has 2 amide bonds. The van der Waals surface area contributed by atoms with E-state index in [0.29, 0.717) is 12.1 Å². The van der Waals surface area contributed by atoms with Crippen molar-refractivity contribution in [2.75, 3.05) is 6.54 Å². The van der Waals surface area contributed by atoms with Gasteiger partial charge < -0.3 is 10.2 Å². The first-order chi connectivity index (χ1) is 14.7. The summed E-state index contributed by atoms with van der Waals surface area (Å²) < 4.78 is 0. The van der Waals surface area contributed by atoms with E-state index >= 15 is 0 Å². The molecule has 2 heterocycles. The summed E-state index contributed by atoms with van der Waals surface area (Å²) in [5.41, 5.74) is 2.19. The van der Waals surface area contributed by atoms with E-state index in [1.807, 2.05) is 36.4 Å². The molecule has 1 aromatic carbocycles. The number of aromatic nitrogens is 1. The third-order valence-electron chi connectivity index (χ3n) is 6.76. The summed E-state index contributed by atoms with van der Waals surface area (Å²) in [4.78, 5) is 33.3. The largest absolute Gasteiger partial charge is 0.351 e. The van der Waals surface area contributed by atoms with Crippen molar-refractivity contribution in [2.24, 2.45) is 0 Å². The second-order valence-electron chi connectivity index (χ2n) is 8.57. The summed E-state index contributed by atoms with van der Waals surface area (Å²) in [7, 11) is 0. The number of unbranched alkanes of at least 4 members (excludes halogenated alkanes) is 1. The Balaban J connectivity index is 1.72. The number of amides is 2. The van der Waals surface area contributed by atoms with Crippen LogP contribution >= 0.6 is 0 Å². The van der Waals surface area contributed by atoms with Gasteiger partial charge in [-0.15, -0.1) is 0 Å². The fourth-order valence-corrected chi connectivity index (χ4v) is 5.28. The maximum Gasteiger partial charge on any atom is 0.254 e. The molecular formula is C25H31N3O2. The fourth-order valence-electron chi connectivity index (χ4n) is 5.28. The van der Waals surface area contributed by atoms with E-state index in [9.17, 15) is 9.59 Å². The number of rotatable bonds is 6. The van der Waals surface area contributed by atoms with Crippen molar-refractivity contribution in [2.45, 2.75) is 69.9 Å². The van der Waals surface area contributed by atoms with Crippen LogP contribution < -0.4 is 5.32 Å². The minimum atomic E-state index is -0.415. The molecule has 30 heavy (non-hydrogen) atoms. The Morgan fingerprint density at radius 2 is 1.87 bits per heavy atom. The van der Waals surface area contributed by atoms with Gasteiger partial charge in [-0.05, 0) is 48.6 Å². The molecule has 0 bridgehead atoms. The van der Waals surface area contributed by atoms with Crippen molar-refractivity contribution in [1.29, 1.82) is 0 Å². The van der Waals surface area contributed by atoms with E-state index in [0.717, 1.165) is 56.2 Å². The maximum atomic E-state index is 13.7. The Labute approximate surface area is 178 Å². The number of fused-ring (bicyclic) bond motifs is 1. The van der Waals surface area contributed by atoms with Crippen LogP contribution in [0.4, 0.5) is 0 Å². The molecular weight excluding hydrogens is 374 g/mol. The highest BCUT2D eigenvalue weighted by Crippen LogP contribution is 2.49. The van der Waals surface area contributed by atoms with Crippen molar-refractivity contribution < 1.29 is 9.59 Å². The Morgan fingerprint density at radius 3 is 2.60 bits per heavy atom. The number of carbonyl (C=O) groups is 2. The van der Waals surface area contributed by atoms with E-state index in [-0.39, 0.29) is 17.7 Å². The molecule has 1 spiro atoms. The third kappa shape index (κ3) is 3.73. The van der Waals surface area contributed by atoms with E-state index in [1.165, 1.54) is 6.42 Å². The van der Waals surface area contributed by atoms with E-state index in [1.54, 1.807) is 12.4 Å². The number of pyridine rings is 1. The molecule has 1 aliphatic carbocycles. The van der Waals surface area contributed by atoms with Gasteiger partial charge in [0.15, 0.2) is 0 Å². The van der Waals surface area contributed by atoms with Crippen LogP contribution in [0.1, 0.15) is 79.3 Å². The predicted octanol–water partition coefficient (Wildman–Crippen LogP) is 4.44. The Morgan fingerprint density at radius 1 is 1.13 bits per heavy atom. The van der Waals surface area contributed by atoms with Crippen LogP contribution in [-0.4, -0.2) is 33.8 Å². The van der Waals surface area contributed by atoms with Crippen LogP contribution in [0.25, 0.3) is 0 Å². The number of hydrogen-bond donors (Lipinski definition) is 1. The van der Waals surface area contributed by atoms with Gasteiger partial charge in [-0.25, -0.2) is 0 Å². The van der Waals surface area contributed by atoms with Crippen molar-refractivity contribution >= 4 is 11.8 Å². The number of hydrogen-bond acceptors (Lipinski definition) is 3. The van der Waals surface area contributed by atoms with Gasteiger partial charge >= 0.3 is 0 Å². The molecule has 2 aromatic rings. The van der Waals surface area contributed by atoms with Crippen molar-refractivity contribution in [3.05, 3.63) is 65.5 Å². The highest BCUT2D eigenvalue weighted by atomic mass is 16.2. The molecule has 1 atom stereocenters. The Hall–Kier alpha value is -2.69. The Kier molecular flexibility index (Phi) is 6.16. The average Bonchev–Trinajstić information content (AvgIpc) is 2.79. The zero-order chi connectivity index (χ0) is 21.0. The van der Waals surface area contributed by atoms with Gasteiger partial charge in [0, 0.05) is 31.0 Å². The minimum absolute atomic E-state index is 0.0233. The molecule has 4 rings (SSSR count). The first-order valence-electron chi connectivity index (χ1n) is 11.2. The number of nitrogens with one attached hydrogen (secondary N) is 1. The van der Waals surface area contributed by atoms with Gasteiger partial charge in [0.1, 0.15) is 0 Å². The van der Waals surface area contributed by atoms with Crippen LogP contribution in [0.3, 0.4) is 0 Å². The van der Waals surface area contributed by atoms with E-state index in [2.05, 4.69) is 22.1 Å². The molecule has 1 saturated carbocycles. The lowest BCUT2D eigenvalue weighted by Gasteiger charge is -2.53. The topological polar surface area (TPSA) is 62.3 Å². The summed E-state index contributed by atoms with van der Waals surface area (Å²) in [5.74, 6) is -0.209. The normalized spacial score (nSPS) is 20.1. The molecule has 0 unspecified atom stereocenters. The highest BCUT2D eigenvalue weighted by molar-refractivity contribution is 6.02. The van der Waals surface area contributed by atoms with Gasteiger partial charge in [-0.3, -0.25) is 14.6 Å². The summed E-state index contributed by atoms with van der Waals surface area (Å²) in [6.45, 7) is 3.34. The highest BCUT2D eigenvalue weighted by Gasteiger charge is 2.54. The number of nitrogens with zero attached hydrogens (tertiary/aromatic N) is 2. The smallest absolute Gasteiger partial charge is 0.254 e. The number of benzene rings is 1. The van der Waals surface area contributed by atoms with Crippen molar-refractivity contribution in [1.82, 2.24) is 15.2 Å².